The minimum absolute atomic E-state index is 0.249. The Hall–Kier alpha value is -1.09. The van der Waals surface area contributed by atoms with E-state index in [4.69, 9.17) is 4.84 Å². The molecule has 0 atom stereocenters. The van der Waals surface area contributed by atoms with Crippen molar-refractivity contribution in [3.8, 4) is 0 Å². The molecule has 0 rings (SSSR count). The Labute approximate surface area is 92.2 Å². The molecule has 0 saturated heterocycles. The van der Waals surface area contributed by atoms with Gasteiger partial charge in [0.2, 0.25) is 0 Å². The number of allylic oxidation sites excluding steroid dienone is 2. The van der Waals surface area contributed by atoms with Crippen molar-refractivity contribution < 1.29 is 9.63 Å². The Morgan fingerprint density at radius 3 is 2.73 bits per heavy atom. The van der Waals surface area contributed by atoms with Gasteiger partial charge in [0.15, 0.2) is 0 Å². The Balaban J connectivity index is 3.22. The molecule has 0 radical (unpaired) electrons. The molecule has 0 unspecified atom stereocenters. The van der Waals surface area contributed by atoms with E-state index in [2.05, 4.69) is 31.1 Å². The molecule has 0 aromatic heterocycles. The molecular weight excluding hydrogens is 190 g/mol. The van der Waals surface area contributed by atoms with Gasteiger partial charge in [0.25, 0.3) is 5.91 Å². The van der Waals surface area contributed by atoms with Gasteiger partial charge in [-0.05, 0) is 32.6 Å². The maximum atomic E-state index is 11.0. The molecule has 0 aliphatic rings. The summed E-state index contributed by atoms with van der Waals surface area (Å²) in [7, 11) is 0. The predicted molar refractivity (Wildman–Crippen MR) is 62.2 cm³/mol. The number of carbonyl (C=O) groups is 1. The number of carbonyl (C=O) groups excluding carboxylic acids is 1. The molecule has 86 valence electrons. The van der Waals surface area contributed by atoms with E-state index in [1.807, 2.05) is 0 Å². The van der Waals surface area contributed by atoms with Crippen molar-refractivity contribution >= 4 is 5.91 Å². The Morgan fingerprint density at radius 2 is 2.13 bits per heavy atom. The Bertz CT molecular complexity index is 222. The van der Waals surface area contributed by atoms with Gasteiger partial charge in [0.05, 0.1) is 6.61 Å². The van der Waals surface area contributed by atoms with E-state index in [1.54, 1.807) is 6.92 Å². The minimum Gasteiger partial charge on any atom is -0.273 e. The average molecular weight is 211 g/mol. The number of amides is 1. The largest absolute Gasteiger partial charge is 0.273 e. The number of hydrogen-bond acceptors (Lipinski definition) is 2. The first kappa shape index (κ1) is 13.9. The van der Waals surface area contributed by atoms with Gasteiger partial charge in [0.1, 0.15) is 0 Å². The van der Waals surface area contributed by atoms with Gasteiger partial charge in [-0.3, -0.25) is 9.63 Å². The van der Waals surface area contributed by atoms with Crippen LogP contribution in [0.5, 0.6) is 0 Å². The molecule has 0 aliphatic carbocycles. The van der Waals surface area contributed by atoms with Crippen LogP contribution in [0.2, 0.25) is 0 Å². The Kier molecular flexibility index (Phi) is 8.78. The molecule has 0 aliphatic heterocycles. The average Bonchev–Trinajstić information content (AvgIpc) is 2.21. The lowest BCUT2D eigenvalue weighted by molar-refractivity contribution is -0.129. The van der Waals surface area contributed by atoms with Crippen molar-refractivity contribution in [2.24, 2.45) is 0 Å². The van der Waals surface area contributed by atoms with Gasteiger partial charge in [-0.15, -0.1) is 0 Å². The number of hydrogen-bond donors (Lipinski definition) is 1. The second-order valence-electron chi connectivity index (χ2n) is 3.44. The molecule has 0 heterocycles. The highest BCUT2D eigenvalue weighted by Crippen LogP contribution is 1.97. The van der Waals surface area contributed by atoms with Gasteiger partial charge in [-0.1, -0.05) is 25.7 Å². The van der Waals surface area contributed by atoms with Crippen LogP contribution in [-0.2, 0) is 9.63 Å². The van der Waals surface area contributed by atoms with Crippen molar-refractivity contribution in [2.45, 2.75) is 39.5 Å². The summed E-state index contributed by atoms with van der Waals surface area (Å²) >= 11 is 0. The summed E-state index contributed by atoms with van der Waals surface area (Å²) in [6.07, 6.45) is 8.52. The van der Waals surface area contributed by atoms with Crippen molar-refractivity contribution in [1.82, 2.24) is 5.48 Å². The molecule has 0 spiro atoms. The second-order valence-corrected chi connectivity index (χ2v) is 3.44. The zero-order valence-electron chi connectivity index (χ0n) is 9.71. The Morgan fingerprint density at radius 1 is 1.40 bits per heavy atom. The summed E-state index contributed by atoms with van der Waals surface area (Å²) in [6.45, 7) is 7.82. The third-order valence-corrected chi connectivity index (χ3v) is 1.82. The number of nitrogens with one attached hydrogen (secondary N) is 1. The van der Waals surface area contributed by atoms with Crippen LogP contribution in [0.3, 0.4) is 0 Å². The van der Waals surface area contributed by atoms with Gasteiger partial charge in [-0.25, -0.2) is 5.48 Å². The fourth-order valence-electron chi connectivity index (χ4n) is 0.925. The summed E-state index contributed by atoms with van der Waals surface area (Å²) in [5, 5.41) is 0. The fraction of sp³-hybridized carbons (Fsp3) is 0.583. The molecule has 0 bridgehead atoms. The van der Waals surface area contributed by atoms with Crippen LogP contribution < -0.4 is 5.48 Å². The summed E-state index contributed by atoms with van der Waals surface area (Å²) in [4.78, 5) is 15.9. The van der Waals surface area contributed by atoms with Gasteiger partial charge in [-0.2, -0.15) is 0 Å². The highest BCUT2D eigenvalue weighted by Gasteiger charge is 1.99. The summed E-state index contributed by atoms with van der Waals surface area (Å²) in [5.74, 6) is -0.249. The standard InChI is InChI=1S/C12H21NO2/c1-4-5-6-7-8-9-10-15-13-12(14)11(2)3/h5-6H,2,4,7-10H2,1,3H3,(H,13,14)/b6-5+. The van der Waals surface area contributed by atoms with Crippen molar-refractivity contribution in [3.05, 3.63) is 24.3 Å². The van der Waals surface area contributed by atoms with Crippen LogP contribution in [0.1, 0.15) is 39.5 Å². The van der Waals surface area contributed by atoms with E-state index in [0.29, 0.717) is 12.2 Å². The van der Waals surface area contributed by atoms with Crippen LogP contribution in [0.4, 0.5) is 0 Å². The molecule has 1 N–H and O–H groups in total. The summed E-state index contributed by atoms with van der Waals surface area (Å²) < 4.78 is 0. The van der Waals surface area contributed by atoms with Crippen LogP contribution in [0.15, 0.2) is 24.3 Å². The lowest BCUT2D eigenvalue weighted by Crippen LogP contribution is -2.24. The molecule has 3 nitrogen and oxygen atoms in total. The molecule has 0 saturated carbocycles. The maximum Gasteiger partial charge on any atom is 0.269 e. The first-order valence-corrected chi connectivity index (χ1v) is 5.41. The van der Waals surface area contributed by atoms with Crippen molar-refractivity contribution in [2.75, 3.05) is 6.61 Å². The fourth-order valence-corrected chi connectivity index (χ4v) is 0.925. The van der Waals surface area contributed by atoms with Gasteiger partial charge >= 0.3 is 0 Å². The van der Waals surface area contributed by atoms with Gasteiger partial charge < -0.3 is 0 Å². The number of hydroxylamine groups is 1. The minimum atomic E-state index is -0.249. The van der Waals surface area contributed by atoms with Crippen molar-refractivity contribution in [1.29, 1.82) is 0 Å². The first-order valence-electron chi connectivity index (χ1n) is 5.41. The van der Waals surface area contributed by atoms with Crippen LogP contribution >= 0.6 is 0 Å². The smallest absolute Gasteiger partial charge is 0.269 e. The normalized spacial score (nSPS) is 10.5. The maximum absolute atomic E-state index is 11.0. The summed E-state index contributed by atoms with van der Waals surface area (Å²) in [6, 6.07) is 0. The van der Waals surface area contributed by atoms with Crippen molar-refractivity contribution in [3.63, 3.8) is 0 Å². The highest BCUT2D eigenvalue weighted by atomic mass is 16.6. The van der Waals surface area contributed by atoms with E-state index < -0.39 is 0 Å². The third-order valence-electron chi connectivity index (χ3n) is 1.82. The SMILES string of the molecule is C=C(C)C(=O)NOCCCC/C=C/CC. The molecule has 3 heteroatoms. The molecule has 0 aromatic carbocycles. The van der Waals surface area contributed by atoms with E-state index >= 15 is 0 Å². The van der Waals surface area contributed by atoms with E-state index in [9.17, 15) is 4.79 Å². The van der Waals surface area contributed by atoms with E-state index in [-0.39, 0.29) is 5.91 Å². The molecule has 15 heavy (non-hydrogen) atoms. The number of unbranched alkanes of at least 4 members (excludes halogenated alkanes) is 2. The zero-order valence-corrected chi connectivity index (χ0v) is 9.71. The van der Waals surface area contributed by atoms with Crippen LogP contribution in [0.25, 0.3) is 0 Å². The highest BCUT2D eigenvalue weighted by molar-refractivity contribution is 5.91. The molecule has 1 amide bonds. The van der Waals surface area contributed by atoms with E-state index in [1.165, 1.54) is 0 Å². The second kappa shape index (κ2) is 9.46. The quantitative estimate of drug-likeness (QED) is 0.290. The van der Waals surface area contributed by atoms with Gasteiger partial charge in [0, 0.05) is 5.57 Å². The lowest BCUT2D eigenvalue weighted by atomic mass is 10.2. The van der Waals surface area contributed by atoms with Crippen LogP contribution in [-0.4, -0.2) is 12.5 Å². The zero-order chi connectivity index (χ0) is 11.5. The first-order chi connectivity index (χ1) is 7.18. The summed E-state index contributed by atoms with van der Waals surface area (Å²) in [5.41, 5.74) is 2.79. The monoisotopic (exact) mass is 211 g/mol. The topological polar surface area (TPSA) is 38.3 Å². The molecular formula is C12H21NO2. The third kappa shape index (κ3) is 9.22. The number of rotatable bonds is 8. The molecule has 0 aromatic rings. The van der Waals surface area contributed by atoms with Crippen LogP contribution in [0, 0.1) is 0 Å². The predicted octanol–water partition coefficient (Wildman–Crippen LogP) is 2.75. The molecule has 0 fully saturated rings. The lowest BCUT2D eigenvalue weighted by Gasteiger charge is -2.04. The van der Waals surface area contributed by atoms with E-state index in [0.717, 1.165) is 25.7 Å².